The summed E-state index contributed by atoms with van der Waals surface area (Å²) in [6.45, 7) is 0.0270. The van der Waals surface area contributed by atoms with Crippen LogP contribution in [0.15, 0.2) is 72.8 Å². The van der Waals surface area contributed by atoms with Gasteiger partial charge in [-0.3, -0.25) is 9.59 Å². The Hall–Kier alpha value is -3.80. The molecule has 0 fully saturated rings. The molecule has 1 aliphatic rings. The molecule has 0 unspecified atom stereocenters. The monoisotopic (exact) mass is 388 g/mol. The van der Waals surface area contributed by atoms with Crippen LogP contribution in [-0.2, 0) is 16.0 Å². The van der Waals surface area contributed by atoms with Gasteiger partial charge in [0.25, 0.3) is 5.91 Å². The number of aryl methyl sites for hydroxylation is 1. The summed E-state index contributed by atoms with van der Waals surface area (Å²) in [6, 6.07) is 22.3. The molecule has 1 aliphatic heterocycles. The maximum absolute atomic E-state index is 12.5. The first-order valence-electron chi connectivity index (χ1n) is 9.35. The fourth-order valence-electron chi connectivity index (χ4n) is 3.03. The Kier molecular flexibility index (Phi) is 5.42. The van der Waals surface area contributed by atoms with Gasteiger partial charge in [0.1, 0.15) is 11.5 Å². The number of rotatable bonds is 6. The standard InChI is InChI=1S/C23H20N2O4/c26-22(13-11-16-10-12-20-19(14-16)25-23(27)15-28-20)24-18-8-4-5-9-21(18)29-17-6-2-1-3-7-17/h1-10,12,14H,11,13,15H2,(H,24,26)(H,25,27). The number of para-hydroxylation sites is 3. The highest BCUT2D eigenvalue weighted by Gasteiger charge is 2.16. The molecule has 3 aromatic carbocycles. The molecule has 6 heteroatoms. The van der Waals surface area contributed by atoms with Crippen LogP contribution in [0.25, 0.3) is 0 Å². The van der Waals surface area contributed by atoms with Crippen LogP contribution < -0.4 is 20.1 Å². The van der Waals surface area contributed by atoms with Gasteiger partial charge in [0, 0.05) is 6.42 Å². The molecule has 3 aromatic rings. The predicted molar refractivity (Wildman–Crippen MR) is 110 cm³/mol. The summed E-state index contributed by atoms with van der Waals surface area (Å²) in [5, 5.41) is 5.69. The van der Waals surface area contributed by atoms with Crippen LogP contribution in [0.2, 0.25) is 0 Å². The van der Waals surface area contributed by atoms with Crippen LogP contribution in [-0.4, -0.2) is 18.4 Å². The number of carbonyl (C=O) groups excluding carboxylic acids is 2. The molecular formula is C23H20N2O4. The molecule has 1 heterocycles. The molecule has 0 saturated heterocycles. The van der Waals surface area contributed by atoms with E-state index < -0.39 is 0 Å². The highest BCUT2D eigenvalue weighted by atomic mass is 16.5. The molecule has 0 spiro atoms. The Balaban J connectivity index is 1.38. The number of nitrogens with one attached hydrogen (secondary N) is 2. The molecule has 6 nitrogen and oxygen atoms in total. The summed E-state index contributed by atoms with van der Waals surface area (Å²) in [6.07, 6.45) is 0.837. The first-order valence-corrected chi connectivity index (χ1v) is 9.35. The molecule has 29 heavy (non-hydrogen) atoms. The summed E-state index contributed by atoms with van der Waals surface area (Å²) in [5.41, 5.74) is 2.20. The molecule has 146 valence electrons. The number of amides is 2. The molecule has 2 N–H and O–H groups in total. The average Bonchev–Trinajstić information content (AvgIpc) is 2.74. The lowest BCUT2D eigenvalue weighted by molar-refractivity contribution is -0.118. The Morgan fingerprint density at radius 2 is 1.83 bits per heavy atom. The van der Waals surface area contributed by atoms with Crippen molar-refractivity contribution in [3.8, 4) is 17.2 Å². The Morgan fingerprint density at radius 3 is 2.69 bits per heavy atom. The molecule has 0 radical (unpaired) electrons. The van der Waals surface area contributed by atoms with E-state index in [0.717, 1.165) is 5.56 Å². The fourth-order valence-corrected chi connectivity index (χ4v) is 3.03. The lowest BCUT2D eigenvalue weighted by Gasteiger charge is -2.18. The van der Waals surface area contributed by atoms with Crippen molar-refractivity contribution >= 4 is 23.2 Å². The lowest BCUT2D eigenvalue weighted by atomic mass is 10.1. The number of fused-ring (bicyclic) bond motifs is 1. The normalized spacial score (nSPS) is 12.3. The van der Waals surface area contributed by atoms with Crippen molar-refractivity contribution in [3.05, 3.63) is 78.4 Å². The van der Waals surface area contributed by atoms with Gasteiger partial charge in [0.15, 0.2) is 12.4 Å². The number of hydrogen-bond acceptors (Lipinski definition) is 4. The molecule has 0 atom stereocenters. The summed E-state index contributed by atoms with van der Waals surface area (Å²) in [5.74, 6) is 1.63. The minimum absolute atomic E-state index is 0.0270. The molecule has 0 saturated carbocycles. The zero-order chi connectivity index (χ0) is 20.1. The van der Waals surface area contributed by atoms with Gasteiger partial charge in [-0.05, 0) is 48.4 Å². The van der Waals surface area contributed by atoms with E-state index in [-0.39, 0.29) is 18.4 Å². The number of hydrogen-bond donors (Lipinski definition) is 2. The SMILES string of the molecule is O=C1COc2ccc(CCC(=O)Nc3ccccc3Oc3ccccc3)cc2N1. The lowest BCUT2D eigenvalue weighted by Crippen LogP contribution is -2.25. The summed E-state index contributed by atoms with van der Waals surface area (Å²) < 4.78 is 11.2. The van der Waals surface area contributed by atoms with Gasteiger partial charge >= 0.3 is 0 Å². The van der Waals surface area contributed by atoms with Gasteiger partial charge in [0.2, 0.25) is 5.91 Å². The van der Waals surface area contributed by atoms with Crippen LogP contribution in [0.5, 0.6) is 17.2 Å². The molecule has 4 rings (SSSR count). The van der Waals surface area contributed by atoms with Crippen molar-refractivity contribution < 1.29 is 19.1 Å². The van der Waals surface area contributed by atoms with Crippen molar-refractivity contribution in [1.82, 2.24) is 0 Å². The van der Waals surface area contributed by atoms with Crippen LogP contribution >= 0.6 is 0 Å². The predicted octanol–water partition coefficient (Wildman–Crippen LogP) is 4.38. The largest absolute Gasteiger partial charge is 0.482 e. The van der Waals surface area contributed by atoms with Crippen LogP contribution in [0.4, 0.5) is 11.4 Å². The van der Waals surface area contributed by atoms with E-state index in [1.165, 1.54) is 0 Å². The van der Waals surface area contributed by atoms with E-state index in [0.29, 0.717) is 41.5 Å². The second-order valence-corrected chi connectivity index (χ2v) is 6.63. The summed E-state index contributed by atoms with van der Waals surface area (Å²) >= 11 is 0. The van der Waals surface area contributed by atoms with Gasteiger partial charge in [-0.25, -0.2) is 0 Å². The number of benzene rings is 3. The minimum Gasteiger partial charge on any atom is -0.482 e. The van der Waals surface area contributed by atoms with E-state index in [9.17, 15) is 9.59 Å². The van der Waals surface area contributed by atoms with E-state index in [1.54, 1.807) is 0 Å². The van der Waals surface area contributed by atoms with E-state index in [4.69, 9.17) is 9.47 Å². The molecule has 0 aliphatic carbocycles. The summed E-state index contributed by atoms with van der Waals surface area (Å²) in [4.78, 5) is 23.9. The third-order valence-corrected chi connectivity index (χ3v) is 4.45. The molecular weight excluding hydrogens is 368 g/mol. The van der Waals surface area contributed by atoms with Crippen molar-refractivity contribution in [2.45, 2.75) is 12.8 Å². The van der Waals surface area contributed by atoms with Crippen molar-refractivity contribution in [2.24, 2.45) is 0 Å². The average molecular weight is 388 g/mol. The highest BCUT2D eigenvalue weighted by Crippen LogP contribution is 2.30. The molecule has 0 aromatic heterocycles. The first-order chi connectivity index (χ1) is 14.2. The first kappa shape index (κ1) is 18.6. The maximum atomic E-state index is 12.5. The Labute approximate surface area is 168 Å². The quantitative estimate of drug-likeness (QED) is 0.657. The van der Waals surface area contributed by atoms with Gasteiger partial charge < -0.3 is 20.1 Å². The summed E-state index contributed by atoms with van der Waals surface area (Å²) in [7, 11) is 0. The van der Waals surface area contributed by atoms with E-state index in [2.05, 4.69) is 10.6 Å². The fraction of sp³-hybridized carbons (Fsp3) is 0.130. The minimum atomic E-state index is -0.178. The van der Waals surface area contributed by atoms with Gasteiger partial charge in [-0.2, -0.15) is 0 Å². The zero-order valence-electron chi connectivity index (χ0n) is 15.7. The van der Waals surface area contributed by atoms with Crippen molar-refractivity contribution in [1.29, 1.82) is 0 Å². The Bertz CT molecular complexity index is 1030. The Morgan fingerprint density at radius 1 is 1.03 bits per heavy atom. The maximum Gasteiger partial charge on any atom is 0.262 e. The van der Waals surface area contributed by atoms with Gasteiger partial charge in [0.05, 0.1) is 11.4 Å². The second-order valence-electron chi connectivity index (χ2n) is 6.63. The van der Waals surface area contributed by atoms with Gasteiger partial charge in [-0.15, -0.1) is 0 Å². The highest BCUT2D eigenvalue weighted by molar-refractivity contribution is 5.95. The topological polar surface area (TPSA) is 76.7 Å². The van der Waals surface area contributed by atoms with E-state index in [1.807, 2.05) is 72.8 Å². The van der Waals surface area contributed by atoms with Crippen LogP contribution in [0.1, 0.15) is 12.0 Å². The zero-order valence-corrected chi connectivity index (χ0v) is 15.7. The molecule has 0 bridgehead atoms. The second kappa shape index (κ2) is 8.48. The smallest absolute Gasteiger partial charge is 0.262 e. The van der Waals surface area contributed by atoms with Crippen molar-refractivity contribution in [3.63, 3.8) is 0 Å². The van der Waals surface area contributed by atoms with Gasteiger partial charge in [-0.1, -0.05) is 36.4 Å². The van der Waals surface area contributed by atoms with Crippen LogP contribution in [0.3, 0.4) is 0 Å². The van der Waals surface area contributed by atoms with Crippen LogP contribution in [0, 0.1) is 0 Å². The third kappa shape index (κ3) is 4.73. The number of ether oxygens (including phenoxy) is 2. The third-order valence-electron chi connectivity index (χ3n) is 4.45. The number of carbonyl (C=O) groups is 2. The molecule has 2 amide bonds. The number of anilines is 2. The van der Waals surface area contributed by atoms with E-state index >= 15 is 0 Å². The van der Waals surface area contributed by atoms with Crippen molar-refractivity contribution in [2.75, 3.05) is 17.2 Å².